The van der Waals surface area contributed by atoms with Crippen molar-refractivity contribution in [1.82, 2.24) is 14.9 Å². The number of halogens is 1. The Balaban J connectivity index is 2.45. The lowest BCUT2D eigenvalue weighted by molar-refractivity contribution is -0.121. The van der Waals surface area contributed by atoms with Crippen molar-refractivity contribution >= 4 is 28.4 Å². The average Bonchev–Trinajstić information content (AvgIpc) is 2.46. The van der Waals surface area contributed by atoms with E-state index in [1.807, 2.05) is 13.0 Å². The Kier molecular flexibility index (Phi) is 4.96. The van der Waals surface area contributed by atoms with Gasteiger partial charge in [-0.3, -0.25) is 14.2 Å². The molecule has 0 fully saturated rings. The molecule has 21 heavy (non-hydrogen) atoms. The Morgan fingerprint density at radius 1 is 1.43 bits per heavy atom. The molecule has 2 aromatic rings. The molecule has 0 bridgehead atoms. The first-order chi connectivity index (χ1) is 10.0. The van der Waals surface area contributed by atoms with Crippen molar-refractivity contribution in [1.29, 1.82) is 0 Å². The van der Waals surface area contributed by atoms with Crippen molar-refractivity contribution < 1.29 is 4.79 Å². The van der Waals surface area contributed by atoms with Crippen LogP contribution in [0.5, 0.6) is 0 Å². The summed E-state index contributed by atoms with van der Waals surface area (Å²) in [5, 5.41) is 2.84. The van der Waals surface area contributed by atoms with Gasteiger partial charge in [-0.05, 0) is 26.0 Å². The number of carbonyl (C=O) groups excluding carboxylic acids is 1. The van der Waals surface area contributed by atoms with Gasteiger partial charge in [-0.25, -0.2) is 4.98 Å². The summed E-state index contributed by atoms with van der Waals surface area (Å²) < 4.78 is 1.50. The molecule has 112 valence electrons. The molecule has 1 heterocycles. The van der Waals surface area contributed by atoms with Gasteiger partial charge in [0, 0.05) is 19.5 Å². The summed E-state index contributed by atoms with van der Waals surface area (Å²) in [6.45, 7) is 4.46. The fourth-order valence-electron chi connectivity index (χ4n) is 2.20. The Labute approximate surface area is 127 Å². The van der Waals surface area contributed by atoms with Gasteiger partial charge in [0.05, 0.1) is 16.3 Å². The number of carbonyl (C=O) groups is 1. The second-order valence-corrected chi connectivity index (χ2v) is 5.42. The van der Waals surface area contributed by atoms with Crippen LogP contribution in [0.25, 0.3) is 10.9 Å². The Hall–Kier alpha value is -1.88. The van der Waals surface area contributed by atoms with E-state index in [9.17, 15) is 9.59 Å². The molecule has 0 aliphatic heterocycles. The molecular formula is C15H18ClN3O2. The third-order valence-corrected chi connectivity index (χ3v) is 3.38. The van der Waals surface area contributed by atoms with E-state index in [1.54, 1.807) is 25.1 Å². The molecule has 1 amide bonds. The van der Waals surface area contributed by atoms with Gasteiger partial charge in [0.15, 0.2) is 0 Å². The molecule has 0 aliphatic carbocycles. The van der Waals surface area contributed by atoms with Gasteiger partial charge in [0.25, 0.3) is 5.56 Å². The van der Waals surface area contributed by atoms with E-state index in [2.05, 4.69) is 10.3 Å². The van der Waals surface area contributed by atoms with Crippen molar-refractivity contribution in [3.63, 3.8) is 0 Å². The maximum Gasteiger partial charge on any atom is 0.261 e. The molecule has 5 nitrogen and oxygen atoms in total. The molecular weight excluding hydrogens is 290 g/mol. The predicted octanol–water partition coefficient (Wildman–Crippen LogP) is 2.22. The summed E-state index contributed by atoms with van der Waals surface area (Å²) in [6.07, 6.45) is 0.227. The van der Waals surface area contributed by atoms with Crippen LogP contribution in [0.15, 0.2) is 29.1 Å². The number of alkyl halides is 1. The van der Waals surface area contributed by atoms with Crippen LogP contribution < -0.4 is 10.9 Å². The van der Waals surface area contributed by atoms with Crippen molar-refractivity contribution in [2.24, 2.45) is 0 Å². The molecule has 1 aromatic carbocycles. The molecule has 0 spiro atoms. The zero-order valence-corrected chi connectivity index (χ0v) is 12.9. The molecule has 1 aromatic heterocycles. The molecule has 0 radical (unpaired) electrons. The third kappa shape index (κ3) is 3.42. The first-order valence-electron chi connectivity index (χ1n) is 6.94. The van der Waals surface area contributed by atoms with Crippen molar-refractivity contribution in [3.05, 3.63) is 40.4 Å². The molecule has 1 unspecified atom stereocenters. The lowest BCUT2D eigenvalue weighted by Crippen LogP contribution is -2.30. The van der Waals surface area contributed by atoms with Crippen LogP contribution in [0.2, 0.25) is 0 Å². The summed E-state index contributed by atoms with van der Waals surface area (Å²) >= 11 is 6.13. The second kappa shape index (κ2) is 6.72. The maximum atomic E-state index is 12.6. The van der Waals surface area contributed by atoms with Gasteiger partial charge >= 0.3 is 0 Å². The zero-order chi connectivity index (χ0) is 15.4. The van der Waals surface area contributed by atoms with Gasteiger partial charge < -0.3 is 5.32 Å². The Bertz CT molecular complexity index is 710. The fourth-order valence-corrected chi connectivity index (χ4v) is 2.37. The quantitative estimate of drug-likeness (QED) is 0.862. The zero-order valence-electron chi connectivity index (χ0n) is 12.1. The van der Waals surface area contributed by atoms with Crippen LogP contribution in [0, 0.1) is 0 Å². The number of hydrogen-bond donors (Lipinski definition) is 1. The molecule has 1 atom stereocenters. The highest BCUT2D eigenvalue weighted by molar-refractivity contribution is 6.20. The third-order valence-electron chi connectivity index (χ3n) is 3.18. The number of benzene rings is 1. The fraction of sp³-hybridized carbons (Fsp3) is 0.400. The summed E-state index contributed by atoms with van der Waals surface area (Å²) in [5.41, 5.74) is 0.464. The number of rotatable bonds is 5. The number of nitrogens with zero attached hydrogens (tertiary/aromatic N) is 2. The minimum absolute atomic E-state index is 0.0919. The summed E-state index contributed by atoms with van der Waals surface area (Å²) in [7, 11) is 0. The maximum absolute atomic E-state index is 12.6. The monoisotopic (exact) mass is 307 g/mol. The minimum atomic E-state index is -0.406. The van der Waals surface area contributed by atoms with E-state index in [1.165, 1.54) is 4.57 Å². The lowest BCUT2D eigenvalue weighted by atomic mass is 10.2. The number of amides is 1. The highest BCUT2D eigenvalue weighted by atomic mass is 35.5. The highest BCUT2D eigenvalue weighted by Gasteiger charge is 2.15. The molecule has 1 N–H and O–H groups in total. The van der Waals surface area contributed by atoms with E-state index in [4.69, 9.17) is 11.6 Å². The lowest BCUT2D eigenvalue weighted by Gasteiger charge is -2.14. The van der Waals surface area contributed by atoms with Gasteiger partial charge in [0.1, 0.15) is 5.82 Å². The number of aromatic nitrogens is 2. The van der Waals surface area contributed by atoms with E-state index in [-0.39, 0.29) is 24.4 Å². The first-order valence-corrected chi connectivity index (χ1v) is 7.38. The Morgan fingerprint density at radius 3 is 2.81 bits per heavy atom. The number of hydrogen-bond acceptors (Lipinski definition) is 3. The van der Waals surface area contributed by atoms with E-state index < -0.39 is 5.38 Å². The van der Waals surface area contributed by atoms with Crippen LogP contribution in [0.3, 0.4) is 0 Å². The highest BCUT2D eigenvalue weighted by Crippen LogP contribution is 2.18. The van der Waals surface area contributed by atoms with Gasteiger partial charge in [-0.2, -0.15) is 0 Å². The molecule has 0 saturated carbocycles. The van der Waals surface area contributed by atoms with Gasteiger partial charge in [-0.15, -0.1) is 11.6 Å². The SMILES string of the molecule is CCNC(=O)CCn1c(C(C)Cl)nc2ccccc2c1=O. The van der Waals surface area contributed by atoms with Crippen molar-refractivity contribution in [2.75, 3.05) is 6.54 Å². The molecule has 2 rings (SSSR count). The molecule has 0 saturated heterocycles. The van der Waals surface area contributed by atoms with E-state index >= 15 is 0 Å². The standard InChI is InChI=1S/C15H18ClN3O2/c1-3-17-13(20)8-9-19-14(10(2)16)18-12-7-5-4-6-11(12)15(19)21/h4-7,10H,3,8-9H2,1-2H3,(H,17,20). The van der Waals surface area contributed by atoms with Crippen LogP contribution in [-0.4, -0.2) is 22.0 Å². The average molecular weight is 308 g/mol. The van der Waals surface area contributed by atoms with Crippen LogP contribution in [0.1, 0.15) is 31.5 Å². The topological polar surface area (TPSA) is 64.0 Å². The van der Waals surface area contributed by atoms with Crippen molar-refractivity contribution in [3.8, 4) is 0 Å². The van der Waals surface area contributed by atoms with Crippen LogP contribution in [0.4, 0.5) is 0 Å². The molecule has 0 aliphatic rings. The summed E-state index contributed by atoms with van der Waals surface area (Å²) in [4.78, 5) is 28.6. The van der Waals surface area contributed by atoms with Crippen LogP contribution in [-0.2, 0) is 11.3 Å². The number of fused-ring (bicyclic) bond motifs is 1. The summed E-state index contributed by atoms with van der Waals surface area (Å²) in [5.74, 6) is 0.399. The van der Waals surface area contributed by atoms with E-state index in [0.717, 1.165) is 0 Å². The molecule has 6 heteroatoms. The normalized spacial score (nSPS) is 12.3. The first kappa shape index (κ1) is 15.5. The minimum Gasteiger partial charge on any atom is -0.356 e. The summed E-state index contributed by atoms with van der Waals surface area (Å²) in [6, 6.07) is 7.14. The van der Waals surface area contributed by atoms with Gasteiger partial charge in [0.2, 0.25) is 5.91 Å². The van der Waals surface area contributed by atoms with Gasteiger partial charge in [-0.1, -0.05) is 12.1 Å². The van der Waals surface area contributed by atoms with Crippen molar-refractivity contribution in [2.45, 2.75) is 32.2 Å². The van der Waals surface area contributed by atoms with E-state index in [0.29, 0.717) is 23.3 Å². The van der Waals surface area contributed by atoms with Crippen LogP contribution >= 0.6 is 11.6 Å². The smallest absolute Gasteiger partial charge is 0.261 e. The largest absolute Gasteiger partial charge is 0.356 e. The number of para-hydroxylation sites is 1. The predicted molar refractivity (Wildman–Crippen MR) is 83.6 cm³/mol. The number of nitrogens with one attached hydrogen (secondary N) is 1. The second-order valence-electron chi connectivity index (χ2n) is 4.76. The Morgan fingerprint density at radius 2 is 2.14 bits per heavy atom.